The Bertz CT molecular complexity index is 549. The number of nitrogens with two attached hydrogens (primary N) is 1. The Hall–Kier alpha value is -2.39. The highest BCUT2D eigenvalue weighted by Gasteiger charge is 2.17. The van der Waals surface area contributed by atoms with Crippen LogP contribution in [0.5, 0.6) is 0 Å². The molecule has 6 nitrogen and oxygen atoms in total. The zero-order valence-electron chi connectivity index (χ0n) is 12.2. The average Bonchev–Trinajstić information content (AvgIpc) is 2.49. The lowest BCUT2D eigenvalue weighted by Gasteiger charge is -2.15. The summed E-state index contributed by atoms with van der Waals surface area (Å²) in [4.78, 5) is 23.2. The van der Waals surface area contributed by atoms with Gasteiger partial charge in [-0.2, -0.15) is 5.26 Å². The smallest absolute Gasteiger partial charge is 0.239 e. The van der Waals surface area contributed by atoms with Crippen molar-refractivity contribution in [2.45, 2.75) is 26.4 Å². The maximum Gasteiger partial charge on any atom is 0.239 e. The molecule has 4 N–H and O–H groups in total. The Morgan fingerprint density at radius 1 is 1.33 bits per heavy atom. The van der Waals surface area contributed by atoms with Crippen LogP contribution in [0.15, 0.2) is 24.3 Å². The lowest BCUT2D eigenvalue weighted by molar-refractivity contribution is -0.127. The molecule has 0 fully saturated rings. The summed E-state index contributed by atoms with van der Waals surface area (Å²) in [6, 6.07) is 8.38. The molecule has 0 bridgehead atoms. The molecule has 0 spiro atoms. The Labute approximate surface area is 124 Å². The fraction of sp³-hybridized carbons (Fsp3) is 0.400. The van der Waals surface area contributed by atoms with E-state index in [9.17, 15) is 9.59 Å². The molecular weight excluding hydrogens is 268 g/mol. The van der Waals surface area contributed by atoms with Gasteiger partial charge in [-0.3, -0.25) is 9.59 Å². The summed E-state index contributed by atoms with van der Waals surface area (Å²) < 4.78 is 0. The summed E-state index contributed by atoms with van der Waals surface area (Å²) in [6.45, 7) is 3.87. The van der Waals surface area contributed by atoms with Gasteiger partial charge in [-0.15, -0.1) is 0 Å². The van der Waals surface area contributed by atoms with Gasteiger partial charge in [0, 0.05) is 6.54 Å². The Balaban J connectivity index is 2.38. The zero-order valence-corrected chi connectivity index (χ0v) is 12.2. The van der Waals surface area contributed by atoms with E-state index in [-0.39, 0.29) is 24.3 Å². The van der Waals surface area contributed by atoms with Crippen molar-refractivity contribution in [2.75, 3.05) is 6.54 Å². The molecule has 1 rings (SSSR count). The molecule has 6 heteroatoms. The number of nitrogens with one attached hydrogen (secondary N) is 2. The topological polar surface area (TPSA) is 108 Å². The minimum Gasteiger partial charge on any atom is -0.350 e. The molecular formula is C15H20N4O2. The third-order valence-electron chi connectivity index (χ3n) is 2.99. The molecule has 0 aromatic heterocycles. The fourth-order valence-electron chi connectivity index (χ4n) is 1.60. The molecule has 1 aromatic carbocycles. The number of hydrogen-bond acceptors (Lipinski definition) is 4. The van der Waals surface area contributed by atoms with Crippen molar-refractivity contribution in [2.24, 2.45) is 11.7 Å². The van der Waals surface area contributed by atoms with E-state index in [1.54, 1.807) is 18.2 Å². The van der Waals surface area contributed by atoms with Crippen LogP contribution in [-0.4, -0.2) is 24.4 Å². The molecule has 0 aliphatic carbocycles. The number of nitriles is 1. The van der Waals surface area contributed by atoms with Crippen molar-refractivity contribution in [3.05, 3.63) is 35.4 Å². The van der Waals surface area contributed by atoms with Crippen LogP contribution in [0.25, 0.3) is 0 Å². The molecule has 1 atom stereocenters. The van der Waals surface area contributed by atoms with Crippen LogP contribution in [0.1, 0.15) is 25.0 Å². The van der Waals surface area contributed by atoms with Gasteiger partial charge in [0.2, 0.25) is 11.8 Å². The van der Waals surface area contributed by atoms with Crippen LogP contribution in [0.3, 0.4) is 0 Å². The van der Waals surface area contributed by atoms with E-state index in [4.69, 9.17) is 11.0 Å². The van der Waals surface area contributed by atoms with Crippen LogP contribution in [0.2, 0.25) is 0 Å². The van der Waals surface area contributed by atoms with Gasteiger partial charge in [0.15, 0.2) is 0 Å². The van der Waals surface area contributed by atoms with Crippen molar-refractivity contribution in [3.63, 3.8) is 0 Å². The summed E-state index contributed by atoms with van der Waals surface area (Å²) in [5.74, 6) is -0.630. The Kier molecular flexibility index (Phi) is 6.37. The summed E-state index contributed by atoms with van der Waals surface area (Å²) in [5, 5.41) is 13.9. The van der Waals surface area contributed by atoms with E-state index in [0.717, 1.165) is 5.56 Å². The third-order valence-corrected chi connectivity index (χ3v) is 2.99. The second kappa shape index (κ2) is 8.02. The lowest BCUT2D eigenvalue weighted by atomic mass is 10.1. The molecule has 0 aliphatic heterocycles. The van der Waals surface area contributed by atoms with Gasteiger partial charge in [-0.25, -0.2) is 0 Å². The SMILES string of the molecule is CC(C)[C@H](N)C(=O)NCC(=O)NCc1cccc(C#N)c1. The van der Waals surface area contributed by atoms with Crippen molar-refractivity contribution >= 4 is 11.8 Å². The molecule has 2 amide bonds. The van der Waals surface area contributed by atoms with Crippen molar-refractivity contribution in [1.82, 2.24) is 10.6 Å². The maximum atomic E-state index is 11.6. The molecule has 21 heavy (non-hydrogen) atoms. The molecule has 0 aliphatic rings. The summed E-state index contributed by atoms with van der Waals surface area (Å²) in [5.41, 5.74) is 7.04. The molecule has 1 aromatic rings. The van der Waals surface area contributed by atoms with Crippen LogP contribution < -0.4 is 16.4 Å². The molecule has 0 heterocycles. The minimum absolute atomic E-state index is 0.0155. The van der Waals surface area contributed by atoms with E-state index in [2.05, 4.69) is 10.6 Å². The Morgan fingerprint density at radius 2 is 2.05 bits per heavy atom. The molecule has 0 unspecified atom stereocenters. The van der Waals surface area contributed by atoms with E-state index < -0.39 is 6.04 Å². The van der Waals surface area contributed by atoms with Gasteiger partial charge < -0.3 is 16.4 Å². The second-order valence-electron chi connectivity index (χ2n) is 5.08. The van der Waals surface area contributed by atoms with Crippen LogP contribution in [0, 0.1) is 17.2 Å². The van der Waals surface area contributed by atoms with E-state index in [1.807, 2.05) is 26.0 Å². The van der Waals surface area contributed by atoms with Crippen LogP contribution in [-0.2, 0) is 16.1 Å². The first kappa shape index (κ1) is 16.7. The van der Waals surface area contributed by atoms with Crippen LogP contribution >= 0.6 is 0 Å². The van der Waals surface area contributed by atoms with E-state index >= 15 is 0 Å². The molecule has 0 radical (unpaired) electrons. The van der Waals surface area contributed by atoms with E-state index in [1.165, 1.54) is 0 Å². The van der Waals surface area contributed by atoms with Crippen LogP contribution in [0.4, 0.5) is 0 Å². The first-order valence-electron chi connectivity index (χ1n) is 6.73. The van der Waals surface area contributed by atoms with Gasteiger partial charge in [0.05, 0.1) is 24.2 Å². The van der Waals surface area contributed by atoms with Crippen molar-refractivity contribution in [3.8, 4) is 6.07 Å². The highest BCUT2D eigenvalue weighted by atomic mass is 16.2. The van der Waals surface area contributed by atoms with Gasteiger partial charge >= 0.3 is 0 Å². The number of nitrogens with zero attached hydrogens (tertiary/aromatic N) is 1. The average molecular weight is 288 g/mol. The standard InChI is InChI=1S/C15H20N4O2/c1-10(2)14(17)15(21)19-9-13(20)18-8-12-5-3-4-11(6-12)7-16/h3-6,10,14H,8-9,17H2,1-2H3,(H,18,20)(H,19,21)/t14-/m0/s1. The number of carbonyl (C=O) groups excluding carboxylic acids is 2. The highest BCUT2D eigenvalue weighted by Crippen LogP contribution is 2.03. The maximum absolute atomic E-state index is 11.6. The molecule has 112 valence electrons. The second-order valence-corrected chi connectivity index (χ2v) is 5.08. The lowest BCUT2D eigenvalue weighted by Crippen LogP contribution is -2.47. The fourth-order valence-corrected chi connectivity index (χ4v) is 1.60. The number of hydrogen-bond donors (Lipinski definition) is 3. The monoisotopic (exact) mass is 288 g/mol. The normalized spacial score (nSPS) is 11.6. The number of benzene rings is 1. The quantitative estimate of drug-likeness (QED) is 0.698. The minimum atomic E-state index is -0.620. The van der Waals surface area contributed by atoms with Gasteiger partial charge in [-0.05, 0) is 23.6 Å². The van der Waals surface area contributed by atoms with Gasteiger partial charge in [0.1, 0.15) is 0 Å². The predicted molar refractivity (Wildman–Crippen MR) is 78.8 cm³/mol. The van der Waals surface area contributed by atoms with Crippen molar-refractivity contribution < 1.29 is 9.59 Å². The van der Waals surface area contributed by atoms with Gasteiger partial charge in [-0.1, -0.05) is 26.0 Å². The zero-order chi connectivity index (χ0) is 15.8. The number of amides is 2. The van der Waals surface area contributed by atoms with Gasteiger partial charge in [0.25, 0.3) is 0 Å². The largest absolute Gasteiger partial charge is 0.350 e. The summed E-state index contributed by atoms with van der Waals surface area (Å²) in [7, 11) is 0. The number of rotatable bonds is 6. The molecule has 0 saturated heterocycles. The highest BCUT2D eigenvalue weighted by molar-refractivity contribution is 5.87. The number of carbonyl (C=O) groups is 2. The van der Waals surface area contributed by atoms with E-state index in [0.29, 0.717) is 12.1 Å². The molecule has 0 saturated carbocycles. The first-order valence-corrected chi connectivity index (χ1v) is 6.73. The third kappa shape index (κ3) is 5.63. The first-order chi connectivity index (χ1) is 9.93. The summed E-state index contributed by atoms with van der Waals surface area (Å²) >= 11 is 0. The Morgan fingerprint density at radius 3 is 2.67 bits per heavy atom. The summed E-state index contributed by atoms with van der Waals surface area (Å²) in [6.07, 6.45) is 0. The van der Waals surface area contributed by atoms with Crippen molar-refractivity contribution in [1.29, 1.82) is 5.26 Å². The predicted octanol–water partition coefficient (Wildman–Crippen LogP) is 0.274.